The molecule has 76 valence electrons. The second-order valence-electron chi connectivity index (χ2n) is 2.77. The van der Waals surface area contributed by atoms with Gasteiger partial charge < -0.3 is 10.5 Å². The minimum absolute atomic E-state index is 0.597. The Bertz CT molecular complexity index is 145. The van der Waals surface area contributed by atoms with Crippen molar-refractivity contribution >= 4 is 0 Å². The summed E-state index contributed by atoms with van der Waals surface area (Å²) in [6.45, 7) is 2.83. The van der Waals surface area contributed by atoms with Gasteiger partial charge >= 0.3 is 0 Å². The number of hydrogen-bond donors (Lipinski definition) is 1. The van der Waals surface area contributed by atoms with Crippen LogP contribution in [0.2, 0.25) is 0 Å². The zero-order chi connectivity index (χ0) is 9.78. The number of azide groups is 1. The maximum absolute atomic E-state index is 7.99. The second-order valence-corrected chi connectivity index (χ2v) is 2.77. The Morgan fingerprint density at radius 1 is 1.15 bits per heavy atom. The highest BCUT2D eigenvalue weighted by Gasteiger charge is 1.89. The summed E-state index contributed by atoms with van der Waals surface area (Å²) in [5, 5.41) is 3.44. The van der Waals surface area contributed by atoms with Crippen LogP contribution in [-0.2, 0) is 4.74 Å². The van der Waals surface area contributed by atoms with Gasteiger partial charge in [-0.25, -0.2) is 0 Å². The van der Waals surface area contributed by atoms with Crippen LogP contribution in [0.4, 0.5) is 0 Å². The molecule has 0 aromatic carbocycles. The van der Waals surface area contributed by atoms with E-state index in [1.807, 2.05) is 0 Å². The number of nitrogens with zero attached hydrogens (tertiary/aromatic N) is 3. The lowest BCUT2D eigenvalue weighted by Gasteiger charge is -2.01. The predicted octanol–water partition coefficient (Wildman–Crippen LogP) is 1.83. The zero-order valence-electron chi connectivity index (χ0n) is 7.98. The Hall–Kier alpha value is -0.770. The van der Waals surface area contributed by atoms with E-state index in [0.29, 0.717) is 13.1 Å². The first-order valence-electron chi connectivity index (χ1n) is 4.70. The van der Waals surface area contributed by atoms with Gasteiger partial charge in [0.05, 0.1) is 0 Å². The average molecular weight is 186 g/mol. The average Bonchev–Trinajstić information content (AvgIpc) is 2.16. The number of nitrogens with two attached hydrogens (primary N) is 1. The predicted molar refractivity (Wildman–Crippen MR) is 52.4 cm³/mol. The Labute approximate surface area is 78.9 Å². The monoisotopic (exact) mass is 186 g/mol. The molecular weight excluding hydrogens is 168 g/mol. The molecule has 0 spiro atoms. The van der Waals surface area contributed by atoms with Gasteiger partial charge in [-0.1, -0.05) is 11.5 Å². The largest absolute Gasteiger partial charge is 0.381 e. The highest BCUT2D eigenvalue weighted by molar-refractivity contribution is 4.48. The molecule has 0 aromatic rings. The lowest BCUT2D eigenvalue weighted by atomic mass is 10.2. The van der Waals surface area contributed by atoms with Crippen molar-refractivity contribution in [1.29, 1.82) is 0 Å². The van der Waals surface area contributed by atoms with Gasteiger partial charge in [0.15, 0.2) is 0 Å². The SMILES string of the molecule is [N-]=[N+]=NCCCCCOCCCN. The van der Waals surface area contributed by atoms with E-state index >= 15 is 0 Å². The number of hydrogen-bond acceptors (Lipinski definition) is 3. The van der Waals surface area contributed by atoms with Crippen molar-refractivity contribution in [2.24, 2.45) is 10.8 Å². The minimum Gasteiger partial charge on any atom is -0.381 e. The van der Waals surface area contributed by atoms with E-state index in [1.54, 1.807) is 0 Å². The topological polar surface area (TPSA) is 84.0 Å². The van der Waals surface area contributed by atoms with Gasteiger partial charge in [-0.3, -0.25) is 0 Å². The van der Waals surface area contributed by atoms with E-state index in [9.17, 15) is 0 Å². The van der Waals surface area contributed by atoms with Crippen molar-refractivity contribution in [3.63, 3.8) is 0 Å². The molecule has 0 aliphatic rings. The van der Waals surface area contributed by atoms with E-state index < -0.39 is 0 Å². The first-order valence-corrected chi connectivity index (χ1v) is 4.70. The quantitative estimate of drug-likeness (QED) is 0.258. The molecule has 0 fully saturated rings. The molecular formula is C8H18N4O. The molecule has 0 saturated heterocycles. The zero-order valence-corrected chi connectivity index (χ0v) is 7.98. The Kier molecular flexibility index (Phi) is 10.6. The minimum atomic E-state index is 0.597. The molecule has 0 radical (unpaired) electrons. The van der Waals surface area contributed by atoms with Gasteiger partial charge in [-0.2, -0.15) is 0 Å². The molecule has 0 aromatic heterocycles. The summed E-state index contributed by atoms with van der Waals surface area (Å²) in [5.41, 5.74) is 13.3. The molecule has 5 heteroatoms. The summed E-state index contributed by atoms with van der Waals surface area (Å²) in [7, 11) is 0. The highest BCUT2D eigenvalue weighted by atomic mass is 16.5. The Morgan fingerprint density at radius 3 is 2.62 bits per heavy atom. The molecule has 13 heavy (non-hydrogen) atoms. The van der Waals surface area contributed by atoms with E-state index in [-0.39, 0.29) is 0 Å². The summed E-state index contributed by atoms with van der Waals surface area (Å²) in [6.07, 6.45) is 3.97. The van der Waals surface area contributed by atoms with Crippen molar-refractivity contribution in [1.82, 2.24) is 0 Å². The fourth-order valence-electron chi connectivity index (χ4n) is 0.896. The molecule has 0 amide bonds. The lowest BCUT2D eigenvalue weighted by molar-refractivity contribution is 0.129. The Morgan fingerprint density at radius 2 is 1.92 bits per heavy atom. The van der Waals surface area contributed by atoms with E-state index in [1.165, 1.54) is 0 Å². The van der Waals surface area contributed by atoms with Crippen molar-refractivity contribution in [3.8, 4) is 0 Å². The fourth-order valence-corrected chi connectivity index (χ4v) is 0.896. The van der Waals surface area contributed by atoms with Crippen LogP contribution in [0.25, 0.3) is 10.4 Å². The van der Waals surface area contributed by atoms with E-state index in [4.69, 9.17) is 16.0 Å². The third-order valence-corrected chi connectivity index (χ3v) is 1.60. The van der Waals surface area contributed by atoms with Gasteiger partial charge in [0.1, 0.15) is 0 Å². The van der Waals surface area contributed by atoms with Gasteiger partial charge in [0.2, 0.25) is 0 Å². The third kappa shape index (κ3) is 11.2. The number of rotatable bonds is 9. The van der Waals surface area contributed by atoms with Gasteiger partial charge in [0.25, 0.3) is 0 Å². The first-order chi connectivity index (χ1) is 6.41. The van der Waals surface area contributed by atoms with Crippen molar-refractivity contribution in [3.05, 3.63) is 10.4 Å². The molecule has 0 heterocycles. The van der Waals surface area contributed by atoms with E-state index in [0.717, 1.165) is 38.9 Å². The molecule has 0 rings (SSSR count). The third-order valence-electron chi connectivity index (χ3n) is 1.60. The van der Waals surface area contributed by atoms with Crippen molar-refractivity contribution in [2.75, 3.05) is 26.3 Å². The summed E-state index contributed by atoms with van der Waals surface area (Å²) < 4.78 is 5.30. The van der Waals surface area contributed by atoms with Crippen LogP contribution >= 0.6 is 0 Å². The molecule has 0 bridgehead atoms. The first kappa shape index (κ1) is 12.2. The number of ether oxygens (including phenoxy) is 1. The summed E-state index contributed by atoms with van der Waals surface area (Å²) >= 11 is 0. The summed E-state index contributed by atoms with van der Waals surface area (Å²) in [6, 6.07) is 0. The molecule has 0 atom stereocenters. The van der Waals surface area contributed by atoms with Gasteiger partial charge in [-0.15, -0.1) is 0 Å². The van der Waals surface area contributed by atoms with Crippen LogP contribution in [0.5, 0.6) is 0 Å². The molecule has 5 nitrogen and oxygen atoms in total. The van der Waals surface area contributed by atoms with Crippen LogP contribution in [0, 0.1) is 0 Å². The van der Waals surface area contributed by atoms with Crippen molar-refractivity contribution in [2.45, 2.75) is 25.7 Å². The molecule has 0 saturated carbocycles. The summed E-state index contributed by atoms with van der Waals surface area (Å²) in [5.74, 6) is 0. The second kappa shape index (κ2) is 11.2. The highest BCUT2D eigenvalue weighted by Crippen LogP contribution is 1.96. The normalized spacial score (nSPS) is 9.62. The molecule has 0 aliphatic heterocycles. The van der Waals surface area contributed by atoms with Crippen LogP contribution < -0.4 is 5.73 Å². The Balaban J connectivity index is 2.87. The van der Waals surface area contributed by atoms with Crippen LogP contribution in [-0.4, -0.2) is 26.3 Å². The van der Waals surface area contributed by atoms with Crippen LogP contribution in [0.3, 0.4) is 0 Å². The number of unbranched alkanes of at least 4 members (excludes halogenated alkanes) is 2. The van der Waals surface area contributed by atoms with Crippen LogP contribution in [0.1, 0.15) is 25.7 Å². The van der Waals surface area contributed by atoms with Crippen LogP contribution in [0.15, 0.2) is 5.11 Å². The van der Waals surface area contributed by atoms with E-state index in [2.05, 4.69) is 10.0 Å². The lowest BCUT2D eigenvalue weighted by Crippen LogP contribution is -2.05. The molecule has 2 N–H and O–H groups in total. The van der Waals surface area contributed by atoms with Gasteiger partial charge in [-0.05, 0) is 31.3 Å². The fraction of sp³-hybridized carbons (Fsp3) is 1.00. The standard InChI is InChI=1S/C8H18N4O/c9-5-4-8-13-7-3-1-2-6-11-12-10/h1-9H2. The smallest absolute Gasteiger partial charge is 0.0478 e. The maximum atomic E-state index is 7.99. The van der Waals surface area contributed by atoms with Crippen molar-refractivity contribution < 1.29 is 4.74 Å². The molecule has 0 unspecified atom stereocenters. The summed E-state index contributed by atoms with van der Waals surface area (Å²) in [4.78, 5) is 2.67. The molecule has 0 aliphatic carbocycles. The maximum Gasteiger partial charge on any atom is 0.0478 e. The van der Waals surface area contributed by atoms with Gasteiger partial charge in [0, 0.05) is 24.7 Å².